The number of aliphatic hydroxyl groups excluding tert-OH is 1. The first kappa shape index (κ1) is 12.1. The molecule has 2 atom stereocenters. The standard InChI is InChI=1S/C12H19N3O2/c1-3-17-12-6-11(13-8-14-12)15-5-4-9(2)10(16)7-15/h6,8-10,16H,3-5,7H2,1-2H3/t9-,10+/m1/s1. The van der Waals surface area contributed by atoms with Crippen LogP contribution in [0.2, 0.25) is 0 Å². The van der Waals surface area contributed by atoms with Crippen LogP contribution in [-0.4, -0.2) is 40.9 Å². The Hall–Kier alpha value is -1.36. The Bertz CT molecular complexity index is 373. The average molecular weight is 237 g/mol. The highest BCUT2D eigenvalue weighted by molar-refractivity contribution is 5.41. The minimum Gasteiger partial charge on any atom is -0.478 e. The summed E-state index contributed by atoms with van der Waals surface area (Å²) in [5.74, 6) is 1.78. The Morgan fingerprint density at radius 1 is 1.53 bits per heavy atom. The molecule has 0 aliphatic carbocycles. The Balaban J connectivity index is 2.09. The van der Waals surface area contributed by atoms with E-state index in [4.69, 9.17) is 4.74 Å². The van der Waals surface area contributed by atoms with Gasteiger partial charge in [-0.2, -0.15) is 0 Å². The summed E-state index contributed by atoms with van der Waals surface area (Å²) in [7, 11) is 0. The van der Waals surface area contributed by atoms with Crippen LogP contribution >= 0.6 is 0 Å². The van der Waals surface area contributed by atoms with Crippen molar-refractivity contribution in [1.29, 1.82) is 0 Å². The molecular weight excluding hydrogens is 218 g/mol. The fourth-order valence-electron chi connectivity index (χ4n) is 1.99. The third-order valence-corrected chi connectivity index (χ3v) is 3.16. The summed E-state index contributed by atoms with van der Waals surface area (Å²) in [5.41, 5.74) is 0. The molecule has 5 nitrogen and oxygen atoms in total. The van der Waals surface area contributed by atoms with Crippen molar-refractivity contribution in [3.63, 3.8) is 0 Å². The van der Waals surface area contributed by atoms with Crippen molar-refractivity contribution in [3.05, 3.63) is 12.4 Å². The van der Waals surface area contributed by atoms with E-state index in [0.29, 0.717) is 24.9 Å². The molecule has 17 heavy (non-hydrogen) atoms. The summed E-state index contributed by atoms with van der Waals surface area (Å²) in [6.45, 7) is 6.14. The average Bonchev–Trinajstić information content (AvgIpc) is 2.33. The molecule has 1 N–H and O–H groups in total. The number of anilines is 1. The molecule has 1 aromatic rings. The first-order valence-corrected chi connectivity index (χ1v) is 6.08. The zero-order chi connectivity index (χ0) is 12.3. The number of rotatable bonds is 3. The van der Waals surface area contributed by atoms with Gasteiger partial charge in [0.2, 0.25) is 5.88 Å². The van der Waals surface area contributed by atoms with Gasteiger partial charge in [-0.1, -0.05) is 6.92 Å². The normalized spacial score (nSPS) is 24.8. The number of hydrogen-bond donors (Lipinski definition) is 1. The van der Waals surface area contributed by atoms with Crippen molar-refractivity contribution in [2.75, 3.05) is 24.6 Å². The largest absolute Gasteiger partial charge is 0.478 e. The predicted octanol–water partition coefficient (Wildman–Crippen LogP) is 1.08. The van der Waals surface area contributed by atoms with Gasteiger partial charge in [-0.3, -0.25) is 0 Å². The maximum Gasteiger partial charge on any atom is 0.218 e. The second-order valence-electron chi connectivity index (χ2n) is 4.43. The molecule has 2 rings (SSSR count). The molecule has 0 unspecified atom stereocenters. The molecule has 0 radical (unpaired) electrons. The Morgan fingerprint density at radius 2 is 2.35 bits per heavy atom. The Kier molecular flexibility index (Phi) is 3.78. The van der Waals surface area contributed by atoms with Gasteiger partial charge in [0.15, 0.2) is 0 Å². The monoisotopic (exact) mass is 237 g/mol. The van der Waals surface area contributed by atoms with Crippen LogP contribution in [0.3, 0.4) is 0 Å². The van der Waals surface area contributed by atoms with E-state index in [9.17, 15) is 5.11 Å². The van der Waals surface area contributed by atoms with Crippen LogP contribution in [0.15, 0.2) is 12.4 Å². The summed E-state index contributed by atoms with van der Waals surface area (Å²) in [4.78, 5) is 10.3. The summed E-state index contributed by atoms with van der Waals surface area (Å²) in [6.07, 6.45) is 2.20. The third-order valence-electron chi connectivity index (χ3n) is 3.16. The van der Waals surface area contributed by atoms with E-state index >= 15 is 0 Å². The van der Waals surface area contributed by atoms with E-state index in [2.05, 4.69) is 21.8 Å². The molecular formula is C12H19N3O2. The van der Waals surface area contributed by atoms with E-state index in [1.54, 1.807) is 0 Å². The Morgan fingerprint density at radius 3 is 3.06 bits per heavy atom. The first-order chi connectivity index (χ1) is 8.20. The van der Waals surface area contributed by atoms with Crippen molar-refractivity contribution in [2.45, 2.75) is 26.4 Å². The SMILES string of the molecule is CCOc1cc(N2CC[C@@H](C)[C@@H](O)C2)ncn1. The number of ether oxygens (including phenoxy) is 1. The van der Waals surface area contributed by atoms with Gasteiger partial charge < -0.3 is 14.7 Å². The minimum absolute atomic E-state index is 0.283. The van der Waals surface area contributed by atoms with Crippen LogP contribution < -0.4 is 9.64 Å². The number of aliphatic hydroxyl groups is 1. The zero-order valence-electron chi connectivity index (χ0n) is 10.3. The van der Waals surface area contributed by atoms with Crippen molar-refractivity contribution < 1.29 is 9.84 Å². The van der Waals surface area contributed by atoms with Crippen LogP contribution in [0.4, 0.5) is 5.82 Å². The van der Waals surface area contributed by atoms with Crippen LogP contribution in [0.25, 0.3) is 0 Å². The number of nitrogens with zero attached hydrogens (tertiary/aromatic N) is 3. The van der Waals surface area contributed by atoms with E-state index in [0.717, 1.165) is 18.8 Å². The van der Waals surface area contributed by atoms with E-state index < -0.39 is 0 Å². The molecule has 1 aliphatic rings. The maximum absolute atomic E-state index is 9.87. The van der Waals surface area contributed by atoms with Crippen molar-refractivity contribution in [2.24, 2.45) is 5.92 Å². The summed E-state index contributed by atoms with van der Waals surface area (Å²) in [6, 6.07) is 1.83. The van der Waals surface area contributed by atoms with Crippen molar-refractivity contribution >= 4 is 5.82 Å². The number of β-amino-alcohol motifs (C(OH)–C–C–N with tert-alkyl or cyclic N) is 1. The molecule has 1 saturated heterocycles. The van der Waals surface area contributed by atoms with Gasteiger partial charge in [0.1, 0.15) is 12.1 Å². The van der Waals surface area contributed by atoms with Gasteiger partial charge in [0.05, 0.1) is 12.7 Å². The summed E-state index contributed by atoms with van der Waals surface area (Å²) in [5, 5.41) is 9.87. The molecule has 94 valence electrons. The highest BCUT2D eigenvalue weighted by Gasteiger charge is 2.25. The van der Waals surface area contributed by atoms with Gasteiger partial charge in [-0.05, 0) is 19.3 Å². The minimum atomic E-state index is -0.283. The lowest BCUT2D eigenvalue weighted by Gasteiger charge is -2.34. The highest BCUT2D eigenvalue weighted by Crippen LogP contribution is 2.23. The van der Waals surface area contributed by atoms with Gasteiger partial charge in [-0.15, -0.1) is 0 Å². The quantitative estimate of drug-likeness (QED) is 0.852. The van der Waals surface area contributed by atoms with Crippen LogP contribution in [0.5, 0.6) is 5.88 Å². The van der Waals surface area contributed by atoms with Crippen molar-refractivity contribution in [1.82, 2.24) is 9.97 Å². The smallest absolute Gasteiger partial charge is 0.218 e. The van der Waals surface area contributed by atoms with E-state index in [-0.39, 0.29) is 6.10 Å². The topological polar surface area (TPSA) is 58.5 Å². The molecule has 1 fully saturated rings. The number of hydrogen-bond acceptors (Lipinski definition) is 5. The lowest BCUT2D eigenvalue weighted by Crippen LogP contribution is -2.43. The second-order valence-corrected chi connectivity index (χ2v) is 4.43. The molecule has 5 heteroatoms. The molecule has 0 spiro atoms. The van der Waals surface area contributed by atoms with Crippen molar-refractivity contribution in [3.8, 4) is 5.88 Å². The summed E-state index contributed by atoms with van der Waals surface area (Å²) < 4.78 is 5.35. The fourth-order valence-corrected chi connectivity index (χ4v) is 1.99. The lowest BCUT2D eigenvalue weighted by molar-refractivity contribution is 0.102. The Labute approximate surface area is 101 Å². The maximum atomic E-state index is 9.87. The van der Waals surface area contributed by atoms with Crippen LogP contribution in [0, 0.1) is 5.92 Å². The molecule has 0 bridgehead atoms. The second kappa shape index (κ2) is 5.31. The molecule has 0 saturated carbocycles. The van der Waals surface area contributed by atoms with Gasteiger partial charge in [0.25, 0.3) is 0 Å². The molecule has 0 amide bonds. The molecule has 0 aromatic carbocycles. The van der Waals surface area contributed by atoms with Crippen LogP contribution in [-0.2, 0) is 0 Å². The molecule has 1 aromatic heterocycles. The fraction of sp³-hybridized carbons (Fsp3) is 0.667. The first-order valence-electron chi connectivity index (χ1n) is 6.08. The number of aromatic nitrogens is 2. The summed E-state index contributed by atoms with van der Waals surface area (Å²) >= 11 is 0. The zero-order valence-corrected chi connectivity index (χ0v) is 10.3. The predicted molar refractivity (Wildman–Crippen MR) is 65.2 cm³/mol. The van der Waals surface area contributed by atoms with Gasteiger partial charge >= 0.3 is 0 Å². The lowest BCUT2D eigenvalue weighted by atomic mass is 9.96. The van der Waals surface area contributed by atoms with E-state index in [1.807, 2.05) is 13.0 Å². The van der Waals surface area contributed by atoms with Gasteiger partial charge in [0, 0.05) is 19.2 Å². The molecule has 2 heterocycles. The molecule has 1 aliphatic heterocycles. The third kappa shape index (κ3) is 2.85. The van der Waals surface area contributed by atoms with E-state index in [1.165, 1.54) is 6.33 Å². The van der Waals surface area contributed by atoms with Crippen LogP contribution in [0.1, 0.15) is 20.3 Å². The highest BCUT2D eigenvalue weighted by atomic mass is 16.5. The van der Waals surface area contributed by atoms with Gasteiger partial charge in [-0.25, -0.2) is 9.97 Å². The number of piperidine rings is 1.